The average Bonchev–Trinajstić information content (AvgIpc) is 2.87. The van der Waals surface area contributed by atoms with Gasteiger partial charge in [0.2, 0.25) is 5.91 Å². The van der Waals surface area contributed by atoms with Crippen LogP contribution in [0.3, 0.4) is 0 Å². The Labute approximate surface area is 240 Å². The zero-order valence-corrected chi connectivity index (χ0v) is 24.4. The maximum absolute atomic E-state index is 14.0. The summed E-state index contributed by atoms with van der Waals surface area (Å²) in [4.78, 5) is 41.9. The van der Waals surface area contributed by atoms with E-state index in [-0.39, 0.29) is 12.2 Å². The lowest BCUT2D eigenvalue weighted by molar-refractivity contribution is -0.139. The topological polar surface area (TPSA) is 108 Å². The number of likely N-dealkylation sites (N-methyl/N-ethyl adjacent to an activating group) is 1. The zero-order chi connectivity index (χ0) is 29.6. The van der Waals surface area contributed by atoms with Gasteiger partial charge in [-0.3, -0.25) is 9.59 Å². The van der Waals surface area contributed by atoms with Crippen LogP contribution in [0.25, 0.3) is 0 Å². The molecule has 0 saturated heterocycles. The Balaban J connectivity index is 1.99. The second kappa shape index (κ2) is 12.9. The maximum atomic E-state index is 14.0. The fourth-order valence-corrected chi connectivity index (χ4v) is 4.56. The molecule has 0 bridgehead atoms. The first-order chi connectivity index (χ1) is 18.8. The zero-order valence-electron chi connectivity index (χ0n) is 23.6. The van der Waals surface area contributed by atoms with Crippen molar-refractivity contribution in [3.8, 4) is 5.75 Å². The number of halogens is 1. The first-order valence-electron chi connectivity index (χ1n) is 12.9. The van der Waals surface area contributed by atoms with Gasteiger partial charge < -0.3 is 25.4 Å². The summed E-state index contributed by atoms with van der Waals surface area (Å²) in [5, 5.41) is 15.6. The third-order valence-corrected chi connectivity index (χ3v) is 6.62. The minimum absolute atomic E-state index is 0.0787. The predicted octanol–water partition coefficient (Wildman–Crippen LogP) is 5.94. The summed E-state index contributed by atoms with van der Waals surface area (Å²) in [6, 6.07) is 16.8. The lowest BCUT2D eigenvalue weighted by Crippen LogP contribution is -2.52. The normalized spacial score (nSPS) is 12.7. The molecule has 2 unspecified atom stereocenters. The van der Waals surface area contributed by atoms with Gasteiger partial charge in [-0.15, -0.1) is 0 Å². The first-order valence-corrected chi connectivity index (χ1v) is 13.3. The Bertz CT molecular complexity index is 1350. The summed E-state index contributed by atoms with van der Waals surface area (Å²) in [6.07, 6.45) is -0.657. The quantitative estimate of drug-likeness (QED) is 0.313. The third kappa shape index (κ3) is 7.99. The number of nitrogens with one attached hydrogen (secondary N) is 2. The second-order valence-electron chi connectivity index (χ2n) is 10.7. The number of benzene rings is 3. The van der Waals surface area contributed by atoms with Crippen LogP contribution in [0.4, 0.5) is 10.5 Å². The molecule has 0 saturated carbocycles. The van der Waals surface area contributed by atoms with E-state index >= 15 is 0 Å². The van der Waals surface area contributed by atoms with E-state index in [4.69, 9.17) is 16.3 Å². The average molecular weight is 566 g/mol. The molecule has 0 aromatic heterocycles. The number of rotatable bonds is 8. The van der Waals surface area contributed by atoms with Gasteiger partial charge in [0.25, 0.3) is 5.91 Å². The first kappa shape index (κ1) is 30.5. The van der Waals surface area contributed by atoms with Crippen molar-refractivity contribution in [2.75, 3.05) is 12.4 Å². The van der Waals surface area contributed by atoms with Crippen LogP contribution in [0.15, 0.2) is 66.7 Å². The molecule has 8 nitrogen and oxygen atoms in total. The summed E-state index contributed by atoms with van der Waals surface area (Å²) in [7, 11) is 1.53. The molecule has 40 heavy (non-hydrogen) atoms. The largest absolute Gasteiger partial charge is 0.508 e. The molecule has 3 N–H and O–H groups in total. The number of para-hydroxylation sites is 1. The summed E-state index contributed by atoms with van der Waals surface area (Å²) < 4.78 is 5.42. The molecule has 212 valence electrons. The number of anilines is 1. The minimum atomic E-state index is -1.06. The van der Waals surface area contributed by atoms with Gasteiger partial charge in [0.15, 0.2) is 0 Å². The summed E-state index contributed by atoms with van der Waals surface area (Å²) in [5.41, 5.74) is 2.59. The Morgan fingerprint density at radius 3 is 2.17 bits per heavy atom. The highest BCUT2D eigenvalue weighted by Gasteiger charge is 2.35. The van der Waals surface area contributed by atoms with Gasteiger partial charge in [-0.2, -0.15) is 0 Å². The van der Waals surface area contributed by atoms with E-state index in [0.717, 1.165) is 11.1 Å². The van der Waals surface area contributed by atoms with Crippen molar-refractivity contribution in [1.82, 2.24) is 10.2 Å². The van der Waals surface area contributed by atoms with Crippen molar-refractivity contribution in [3.05, 3.63) is 94.0 Å². The standard InChI is InChI=1S/C31H36ClN3O5/c1-19-10-7-8-12-23(19)27(28(37)34-26-20(2)11-9-13-24(26)32)35(6)29(38)25(33-30(39)40-31(3,4)5)18-21-14-16-22(36)17-15-21/h7-17,25,27,36H,18H2,1-6H3,(H,33,39)(H,34,37). The van der Waals surface area contributed by atoms with Crippen LogP contribution in [0.1, 0.15) is 49.1 Å². The highest BCUT2D eigenvalue weighted by Crippen LogP contribution is 2.30. The molecule has 0 aliphatic heterocycles. The number of aromatic hydroxyl groups is 1. The van der Waals surface area contributed by atoms with E-state index in [9.17, 15) is 19.5 Å². The van der Waals surface area contributed by atoms with Gasteiger partial charge in [-0.25, -0.2) is 4.79 Å². The van der Waals surface area contributed by atoms with Crippen molar-refractivity contribution in [3.63, 3.8) is 0 Å². The van der Waals surface area contributed by atoms with Crippen LogP contribution >= 0.6 is 11.6 Å². The lowest BCUT2D eigenvalue weighted by Gasteiger charge is -2.32. The molecular formula is C31H36ClN3O5. The van der Waals surface area contributed by atoms with Gasteiger partial charge in [0.1, 0.15) is 23.4 Å². The monoisotopic (exact) mass is 565 g/mol. The molecule has 0 radical (unpaired) electrons. The Morgan fingerprint density at radius 2 is 1.57 bits per heavy atom. The number of ether oxygens (including phenoxy) is 1. The number of phenols is 1. The van der Waals surface area contributed by atoms with E-state index in [1.165, 1.54) is 24.1 Å². The SMILES string of the molecule is Cc1ccccc1C(C(=O)Nc1c(C)cccc1Cl)N(C)C(=O)C(Cc1ccc(O)cc1)NC(=O)OC(C)(C)C. The Kier molecular flexibility index (Phi) is 9.82. The molecule has 0 fully saturated rings. The number of carbonyl (C=O) groups excluding carboxylic acids is 3. The molecule has 0 aliphatic rings. The maximum Gasteiger partial charge on any atom is 0.408 e. The van der Waals surface area contributed by atoms with Gasteiger partial charge in [0, 0.05) is 13.5 Å². The van der Waals surface area contributed by atoms with Crippen LogP contribution < -0.4 is 10.6 Å². The predicted molar refractivity (Wildman–Crippen MR) is 156 cm³/mol. The van der Waals surface area contributed by atoms with E-state index in [1.807, 2.05) is 32.0 Å². The highest BCUT2D eigenvalue weighted by molar-refractivity contribution is 6.34. The van der Waals surface area contributed by atoms with Crippen LogP contribution in [0.5, 0.6) is 5.75 Å². The number of nitrogens with zero attached hydrogens (tertiary/aromatic N) is 1. The van der Waals surface area contributed by atoms with Crippen LogP contribution in [0, 0.1) is 13.8 Å². The highest BCUT2D eigenvalue weighted by atomic mass is 35.5. The molecule has 3 amide bonds. The number of aryl methyl sites for hydroxylation is 2. The number of amides is 3. The fraction of sp³-hybridized carbons (Fsp3) is 0.323. The molecule has 0 heterocycles. The summed E-state index contributed by atoms with van der Waals surface area (Å²) in [6.45, 7) is 8.87. The second-order valence-corrected chi connectivity index (χ2v) is 11.1. The van der Waals surface area contributed by atoms with E-state index < -0.39 is 35.6 Å². The summed E-state index contributed by atoms with van der Waals surface area (Å²) in [5.74, 6) is -0.879. The van der Waals surface area contributed by atoms with Crippen LogP contribution in [0.2, 0.25) is 5.02 Å². The molecule has 0 aliphatic carbocycles. The molecule has 9 heteroatoms. The van der Waals surface area contributed by atoms with Gasteiger partial charge in [-0.1, -0.05) is 60.1 Å². The molecule has 3 aromatic rings. The number of hydrogen-bond acceptors (Lipinski definition) is 5. The third-order valence-electron chi connectivity index (χ3n) is 6.30. The van der Waals surface area contributed by atoms with Crippen molar-refractivity contribution in [1.29, 1.82) is 0 Å². The fourth-order valence-electron chi connectivity index (χ4n) is 4.29. The molecular weight excluding hydrogens is 530 g/mol. The van der Waals surface area contributed by atoms with Crippen molar-refractivity contribution >= 4 is 35.2 Å². The minimum Gasteiger partial charge on any atom is -0.508 e. The molecule has 3 rings (SSSR count). The van der Waals surface area contributed by atoms with Crippen molar-refractivity contribution < 1.29 is 24.2 Å². The van der Waals surface area contributed by atoms with Crippen molar-refractivity contribution in [2.24, 2.45) is 0 Å². The van der Waals surface area contributed by atoms with E-state index in [0.29, 0.717) is 21.8 Å². The van der Waals surface area contributed by atoms with Gasteiger partial charge in [0.05, 0.1) is 10.7 Å². The number of phenolic OH excluding ortho intramolecular Hbond substituents is 1. The number of hydrogen-bond donors (Lipinski definition) is 3. The van der Waals surface area contributed by atoms with E-state index in [1.54, 1.807) is 57.2 Å². The summed E-state index contributed by atoms with van der Waals surface area (Å²) >= 11 is 6.39. The lowest BCUT2D eigenvalue weighted by atomic mass is 9.97. The molecule has 0 spiro atoms. The van der Waals surface area contributed by atoms with E-state index in [2.05, 4.69) is 10.6 Å². The number of alkyl carbamates (subject to hydrolysis) is 1. The van der Waals surface area contributed by atoms with Crippen LogP contribution in [-0.4, -0.2) is 46.6 Å². The Hall–Kier alpha value is -4.04. The smallest absolute Gasteiger partial charge is 0.408 e. The Morgan fingerprint density at radius 1 is 0.950 bits per heavy atom. The van der Waals surface area contributed by atoms with Gasteiger partial charge >= 0.3 is 6.09 Å². The molecule has 3 aromatic carbocycles. The van der Waals surface area contributed by atoms with Crippen LogP contribution in [-0.2, 0) is 20.7 Å². The molecule has 2 atom stereocenters. The number of carbonyl (C=O) groups is 3. The van der Waals surface area contributed by atoms with Crippen molar-refractivity contribution in [2.45, 2.75) is 58.7 Å². The van der Waals surface area contributed by atoms with Gasteiger partial charge in [-0.05, 0) is 75.1 Å².